The van der Waals surface area contributed by atoms with Crippen molar-refractivity contribution < 1.29 is 4.42 Å². The summed E-state index contributed by atoms with van der Waals surface area (Å²) in [7, 11) is 3.89. The molecule has 1 unspecified atom stereocenters. The Morgan fingerprint density at radius 3 is 3.05 bits per heavy atom. The molecule has 5 nitrogen and oxygen atoms in total. The number of aromatic nitrogens is 1. The fourth-order valence-electron chi connectivity index (χ4n) is 2.71. The van der Waals surface area contributed by atoms with Gasteiger partial charge in [0, 0.05) is 32.7 Å². The standard InChI is InChI=1S/C14H19N3O2/c1-16-6-5-15-11(9-16)7-10-3-4-13-12(8-10)17(2)14(18)19-13/h3-4,8,11,15H,5-7,9H2,1-2H3. The van der Waals surface area contributed by atoms with E-state index in [1.165, 1.54) is 5.56 Å². The second kappa shape index (κ2) is 4.83. The molecule has 0 aliphatic carbocycles. The van der Waals surface area contributed by atoms with Crippen LogP contribution in [0.2, 0.25) is 0 Å². The maximum Gasteiger partial charge on any atom is 0.419 e. The van der Waals surface area contributed by atoms with Gasteiger partial charge in [0.05, 0.1) is 5.52 Å². The Hall–Kier alpha value is -1.59. The van der Waals surface area contributed by atoms with Crippen molar-refractivity contribution in [3.63, 3.8) is 0 Å². The van der Waals surface area contributed by atoms with E-state index in [4.69, 9.17) is 4.42 Å². The van der Waals surface area contributed by atoms with Gasteiger partial charge in [-0.1, -0.05) is 6.07 Å². The van der Waals surface area contributed by atoms with Crippen molar-refractivity contribution in [2.75, 3.05) is 26.7 Å². The molecule has 0 bridgehead atoms. The highest BCUT2D eigenvalue weighted by Crippen LogP contribution is 2.16. The molecule has 1 atom stereocenters. The molecule has 0 spiro atoms. The zero-order valence-electron chi connectivity index (χ0n) is 11.3. The van der Waals surface area contributed by atoms with Gasteiger partial charge in [0.15, 0.2) is 5.58 Å². The molecule has 5 heteroatoms. The summed E-state index contributed by atoms with van der Waals surface area (Å²) in [6, 6.07) is 6.46. The molecule has 3 rings (SSSR count). The van der Waals surface area contributed by atoms with Crippen molar-refractivity contribution in [1.82, 2.24) is 14.8 Å². The normalized spacial score (nSPS) is 21.1. The number of hydrogen-bond donors (Lipinski definition) is 1. The number of benzene rings is 1. The summed E-state index contributed by atoms with van der Waals surface area (Å²) in [5.74, 6) is -0.303. The van der Waals surface area contributed by atoms with E-state index in [2.05, 4.69) is 23.3 Å². The Labute approximate surface area is 111 Å². The Balaban J connectivity index is 1.85. The second-order valence-electron chi connectivity index (χ2n) is 5.35. The molecule has 0 saturated carbocycles. The quantitative estimate of drug-likeness (QED) is 0.859. The molecule has 1 aliphatic rings. The zero-order valence-corrected chi connectivity index (χ0v) is 11.3. The lowest BCUT2D eigenvalue weighted by atomic mass is 10.0. The van der Waals surface area contributed by atoms with E-state index in [1.54, 1.807) is 11.6 Å². The van der Waals surface area contributed by atoms with Crippen molar-refractivity contribution in [3.8, 4) is 0 Å². The molecular formula is C14H19N3O2. The first-order valence-corrected chi connectivity index (χ1v) is 6.64. The van der Waals surface area contributed by atoms with Gasteiger partial charge >= 0.3 is 5.76 Å². The minimum atomic E-state index is -0.303. The van der Waals surface area contributed by atoms with Crippen LogP contribution in [0.4, 0.5) is 0 Å². The van der Waals surface area contributed by atoms with E-state index in [1.807, 2.05) is 12.1 Å². The fraction of sp³-hybridized carbons (Fsp3) is 0.500. The molecular weight excluding hydrogens is 242 g/mol. The third-order valence-electron chi connectivity index (χ3n) is 3.80. The molecule has 0 amide bonds. The van der Waals surface area contributed by atoms with Crippen molar-refractivity contribution in [1.29, 1.82) is 0 Å². The van der Waals surface area contributed by atoms with Crippen LogP contribution in [0.5, 0.6) is 0 Å². The van der Waals surface area contributed by atoms with Crippen LogP contribution in [0, 0.1) is 0 Å². The number of fused-ring (bicyclic) bond motifs is 1. The highest BCUT2D eigenvalue weighted by Gasteiger charge is 2.17. The molecule has 1 fully saturated rings. The number of likely N-dealkylation sites (N-methyl/N-ethyl adjacent to an activating group) is 1. The van der Waals surface area contributed by atoms with E-state index in [0.717, 1.165) is 31.6 Å². The van der Waals surface area contributed by atoms with Gasteiger partial charge in [0.2, 0.25) is 0 Å². The summed E-state index contributed by atoms with van der Waals surface area (Å²) in [5, 5.41) is 3.53. The van der Waals surface area contributed by atoms with E-state index >= 15 is 0 Å². The first-order chi connectivity index (χ1) is 9.13. The number of oxazole rings is 1. The Bertz CT molecular complexity index is 644. The lowest BCUT2D eigenvalue weighted by Crippen LogP contribution is -2.49. The van der Waals surface area contributed by atoms with Crippen LogP contribution < -0.4 is 11.1 Å². The Kier molecular flexibility index (Phi) is 3.16. The van der Waals surface area contributed by atoms with E-state index < -0.39 is 0 Å². The van der Waals surface area contributed by atoms with Crippen LogP contribution in [0.3, 0.4) is 0 Å². The third-order valence-corrected chi connectivity index (χ3v) is 3.80. The minimum absolute atomic E-state index is 0.303. The predicted molar refractivity (Wildman–Crippen MR) is 74.4 cm³/mol. The summed E-state index contributed by atoms with van der Waals surface area (Å²) in [5.41, 5.74) is 2.76. The lowest BCUT2D eigenvalue weighted by Gasteiger charge is -2.31. The highest BCUT2D eigenvalue weighted by molar-refractivity contribution is 5.73. The van der Waals surface area contributed by atoms with Gasteiger partial charge in [-0.2, -0.15) is 0 Å². The summed E-state index contributed by atoms with van der Waals surface area (Å²) in [6.07, 6.45) is 0.972. The summed E-state index contributed by atoms with van der Waals surface area (Å²) < 4.78 is 6.70. The van der Waals surface area contributed by atoms with Gasteiger partial charge in [-0.25, -0.2) is 4.79 Å². The predicted octanol–water partition coefficient (Wildman–Crippen LogP) is 0.578. The van der Waals surface area contributed by atoms with E-state index in [-0.39, 0.29) is 5.76 Å². The topological polar surface area (TPSA) is 50.4 Å². The molecule has 1 N–H and O–H groups in total. The maximum absolute atomic E-state index is 11.5. The number of rotatable bonds is 2. The average Bonchev–Trinajstić information content (AvgIpc) is 2.66. The van der Waals surface area contributed by atoms with Gasteiger partial charge in [-0.15, -0.1) is 0 Å². The van der Waals surface area contributed by atoms with Crippen LogP contribution in [-0.2, 0) is 13.5 Å². The monoisotopic (exact) mass is 261 g/mol. The molecule has 2 heterocycles. The summed E-state index contributed by atoms with van der Waals surface area (Å²) >= 11 is 0. The fourth-order valence-corrected chi connectivity index (χ4v) is 2.71. The first kappa shape index (κ1) is 12.4. The van der Waals surface area contributed by atoms with E-state index in [9.17, 15) is 4.79 Å². The number of piperazine rings is 1. The van der Waals surface area contributed by atoms with E-state index in [0.29, 0.717) is 11.6 Å². The van der Waals surface area contributed by atoms with Gasteiger partial charge in [0.25, 0.3) is 0 Å². The number of nitrogens with one attached hydrogen (secondary N) is 1. The molecule has 19 heavy (non-hydrogen) atoms. The van der Waals surface area contributed by atoms with Gasteiger partial charge in [0.1, 0.15) is 0 Å². The zero-order chi connectivity index (χ0) is 13.4. The molecule has 1 aliphatic heterocycles. The van der Waals surface area contributed by atoms with Crippen molar-refractivity contribution in [3.05, 3.63) is 34.3 Å². The van der Waals surface area contributed by atoms with Crippen molar-refractivity contribution in [2.45, 2.75) is 12.5 Å². The smallest absolute Gasteiger partial charge is 0.408 e. The average molecular weight is 261 g/mol. The van der Waals surface area contributed by atoms with Crippen molar-refractivity contribution >= 4 is 11.1 Å². The molecule has 1 aromatic carbocycles. The van der Waals surface area contributed by atoms with Crippen LogP contribution in [-0.4, -0.2) is 42.2 Å². The molecule has 0 radical (unpaired) electrons. The maximum atomic E-state index is 11.5. The van der Waals surface area contributed by atoms with Crippen LogP contribution in [0.1, 0.15) is 5.56 Å². The molecule has 2 aromatic rings. The highest BCUT2D eigenvalue weighted by atomic mass is 16.4. The molecule has 102 valence electrons. The first-order valence-electron chi connectivity index (χ1n) is 6.64. The SMILES string of the molecule is CN1CCNC(Cc2ccc3oc(=O)n(C)c3c2)C1. The Morgan fingerprint density at radius 2 is 2.26 bits per heavy atom. The van der Waals surface area contributed by atoms with Crippen LogP contribution >= 0.6 is 0 Å². The Morgan fingerprint density at radius 1 is 1.42 bits per heavy atom. The van der Waals surface area contributed by atoms with Gasteiger partial charge in [-0.05, 0) is 31.2 Å². The van der Waals surface area contributed by atoms with Crippen LogP contribution in [0.25, 0.3) is 11.1 Å². The van der Waals surface area contributed by atoms with Crippen molar-refractivity contribution in [2.24, 2.45) is 7.05 Å². The lowest BCUT2D eigenvalue weighted by molar-refractivity contribution is 0.238. The summed E-state index contributed by atoms with van der Waals surface area (Å²) in [4.78, 5) is 13.8. The van der Waals surface area contributed by atoms with Gasteiger partial charge < -0.3 is 14.6 Å². The number of hydrogen-bond acceptors (Lipinski definition) is 4. The minimum Gasteiger partial charge on any atom is -0.408 e. The van der Waals surface area contributed by atoms with Crippen LogP contribution in [0.15, 0.2) is 27.4 Å². The largest absolute Gasteiger partial charge is 0.419 e. The van der Waals surface area contributed by atoms with Gasteiger partial charge in [-0.3, -0.25) is 4.57 Å². The molecule has 1 saturated heterocycles. The second-order valence-corrected chi connectivity index (χ2v) is 5.35. The summed E-state index contributed by atoms with van der Waals surface area (Å²) in [6.45, 7) is 3.20. The molecule has 1 aromatic heterocycles. The number of nitrogens with zero attached hydrogens (tertiary/aromatic N) is 2. The number of aryl methyl sites for hydroxylation is 1. The third kappa shape index (κ3) is 2.43.